The summed E-state index contributed by atoms with van der Waals surface area (Å²) in [5.74, 6) is 2.21. The van der Waals surface area contributed by atoms with Crippen molar-refractivity contribution in [3.8, 4) is 0 Å². The van der Waals surface area contributed by atoms with Crippen LogP contribution in [-0.4, -0.2) is 42.0 Å². The van der Waals surface area contributed by atoms with E-state index in [1.54, 1.807) is 0 Å². The van der Waals surface area contributed by atoms with Gasteiger partial charge in [-0.05, 0) is 37.0 Å². The third kappa shape index (κ3) is 2.93. The summed E-state index contributed by atoms with van der Waals surface area (Å²) in [5, 5.41) is 0. The highest BCUT2D eigenvalue weighted by Crippen LogP contribution is 2.25. The van der Waals surface area contributed by atoms with E-state index in [1.165, 1.54) is 19.3 Å². The topological polar surface area (TPSA) is 23.6 Å². The van der Waals surface area contributed by atoms with Gasteiger partial charge in [0.1, 0.15) is 0 Å². The SMILES string of the molecule is CC1CCN(C(=O)N2CCC(C(C)C)C2)CC1. The van der Waals surface area contributed by atoms with Crippen LogP contribution in [0.15, 0.2) is 0 Å². The van der Waals surface area contributed by atoms with Gasteiger partial charge in [0.05, 0.1) is 0 Å². The minimum absolute atomic E-state index is 0.292. The molecule has 0 saturated carbocycles. The van der Waals surface area contributed by atoms with Gasteiger partial charge in [-0.3, -0.25) is 0 Å². The number of hydrogen-bond donors (Lipinski definition) is 0. The van der Waals surface area contributed by atoms with Crippen LogP contribution in [0.5, 0.6) is 0 Å². The molecule has 0 aromatic carbocycles. The summed E-state index contributed by atoms with van der Waals surface area (Å²) in [4.78, 5) is 16.5. The number of carbonyl (C=O) groups is 1. The molecule has 0 spiro atoms. The zero-order valence-corrected chi connectivity index (χ0v) is 11.5. The van der Waals surface area contributed by atoms with Crippen LogP contribution in [0.2, 0.25) is 0 Å². The smallest absolute Gasteiger partial charge is 0.320 e. The molecule has 0 bridgehead atoms. The van der Waals surface area contributed by atoms with Gasteiger partial charge in [-0.1, -0.05) is 20.8 Å². The van der Waals surface area contributed by atoms with Crippen molar-refractivity contribution in [1.82, 2.24) is 9.80 Å². The molecule has 0 aromatic rings. The zero-order chi connectivity index (χ0) is 12.4. The number of likely N-dealkylation sites (tertiary alicyclic amines) is 2. The maximum absolute atomic E-state index is 12.3. The first-order chi connectivity index (χ1) is 8.08. The predicted octanol–water partition coefficient (Wildman–Crippen LogP) is 2.82. The second-order valence-electron chi connectivity index (χ2n) is 6.19. The molecule has 3 heteroatoms. The van der Waals surface area contributed by atoms with Gasteiger partial charge in [0.25, 0.3) is 0 Å². The molecule has 0 radical (unpaired) electrons. The molecule has 2 aliphatic rings. The molecule has 2 amide bonds. The normalized spacial score (nSPS) is 26.9. The second-order valence-corrected chi connectivity index (χ2v) is 6.19. The molecule has 1 unspecified atom stereocenters. The lowest BCUT2D eigenvalue weighted by atomic mass is 9.95. The Kier molecular flexibility index (Phi) is 3.95. The van der Waals surface area contributed by atoms with E-state index < -0.39 is 0 Å². The van der Waals surface area contributed by atoms with Crippen molar-refractivity contribution in [3.05, 3.63) is 0 Å². The van der Waals surface area contributed by atoms with Crippen LogP contribution in [0.4, 0.5) is 4.79 Å². The summed E-state index contributed by atoms with van der Waals surface area (Å²) in [6, 6.07) is 0.292. The third-order valence-electron chi connectivity index (χ3n) is 4.49. The fourth-order valence-corrected chi connectivity index (χ4v) is 2.91. The molecule has 2 heterocycles. The number of rotatable bonds is 1. The maximum atomic E-state index is 12.3. The molecule has 2 aliphatic heterocycles. The van der Waals surface area contributed by atoms with Gasteiger partial charge in [0.15, 0.2) is 0 Å². The van der Waals surface area contributed by atoms with E-state index in [4.69, 9.17) is 0 Å². The van der Waals surface area contributed by atoms with Crippen molar-refractivity contribution >= 4 is 6.03 Å². The van der Waals surface area contributed by atoms with Crippen molar-refractivity contribution in [3.63, 3.8) is 0 Å². The van der Waals surface area contributed by atoms with Gasteiger partial charge < -0.3 is 9.80 Å². The fraction of sp³-hybridized carbons (Fsp3) is 0.929. The number of nitrogens with zero attached hydrogens (tertiary/aromatic N) is 2. The quantitative estimate of drug-likeness (QED) is 0.689. The van der Waals surface area contributed by atoms with Crippen molar-refractivity contribution < 1.29 is 4.79 Å². The van der Waals surface area contributed by atoms with E-state index in [9.17, 15) is 4.79 Å². The van der Waals surface area contributed by atoms with Gasteiger partial charge in [0.2, 0.25) is 0 Å². The molecule has 2 saturated heterocycles. The molecule has 1 atom stereocenters. The highest BCUT2D eigenvalue weighted by Gasteiger charge is 2.31. The van der Waals surface area contributed by atoms with Gasteiger partial charge in [-0.2, -0.15) is 0 Å². The Balaban J connectivity index is 1.84. The van der Waals surface area contributed by atoms with Gasteiger partial charge in [-0.15, -0.1) is 0 Å². The number of carbonyl (C=O) groups excluding carboxylic acids is 1. The van der Waals surface area contributed by atoms with Crippen LogP contribution in [0, 0.1) is 17.8 Å². The largest absolute Gasteiger partial charge is 0.325 e. The maximum Gasteiger partial charge on any atom is 0.320 e. The summed E-state index contributed by atoms with van der Waals surface area (Å²) in [5.41, 5.74) is 0. The lowest BCUT2D eigenvalue weighted by Gasteiger charge is -2.33. The van der Waals surface area contributed by atoms with E-state index in [2.05, 4.69) is 30.6 Å². The third-order valence-corrected chi connectivity index (χ3v) is 4.49. The number of amides is 2. The van der Waals surface area contributed by atoms with Crippen molar-refractivity contribution in [2.24, 2.45) is 17.8 Å². The summed E-state index contributed by atoms with van der Waals surface area (Å²) >= 11 is 0. The Bertz CT molecular complexity index is 269. The van der Waals surface area contributed by atoms with Crippen molar-refractivity contribution in [1.29, 1.82) is 0 Å². The van der Waals surface area contributed by atoms with Crippen LogP contribution in [0.25, 0.3) is 0 Å². The van der Waals surface area contributed by atoms with Gasteiger partial charge in [-0.25, -0.2) is 4.79 Å². The molecule has 2 fully saturated rings. The van der Waals surface area contributed by atoms with E-state index in [-0.39, 0.29) is 0 Å². The van der Waals surface area contributed by atoms with Crippen molar-refractivity contribution in [2.75, 3.05) is 26.2 Å². The lowest BCUT2D eigenvalue weighted by molar-refractivity contribution is 0.140. The second kappa shape index (κ2) is 5.28. The first-order valence-electron chi connectivity index (χ1n) is 7.11. The Labute approximate surface area is 105 Å². The summed E-state index contributed by atoms with van der Waals surface area (Å²) in [6.07, 6.45) is 3.54. The van der Waals surface area contributed by atoms with Crippen LogP contribution in [0.3, 0.4) is 0 Å². The van der Waals surface area contributed by atoms with E-state index in [0.717, 1.165) is 32.1 Å². The Morgan fingerprint density at radius 3 is 2.18 bits per heavy atom. The van der Waals surface area contributed by atoms with Crippen LogP contribution in [0.1, 0.15) is 40.0 Å². The molecular formula is C14H26N2O. The Morgan fingerprint density at radius 2 is 1.65 bits per heavy atom. The summed E-state index contributed by atoms with van der Waals surface area (Å²) < 4.78 is 0. The van der Waals surface area contributed by atoms with Crippen LogP contribution in [-0.2, 0) is 0 Å². The Morgan fingerprint density at radius 1 is 1.06 bits per heavy atom. The molecule has 0 aromatic heterocycles. The highest BCUT2D eigenvalue weighted by molar-refractivity contribution is 5.74. The first kappa shape index (κ1) is 12.7. The zero-order valence-electron chi connectivity index (χ0n) is 11.5. The first-order valence-corrected chi connectivity index (χ1v) is 7.11. The molecular weight excluding hydrogens is 212 g/mol. The molecule has 2 rings (SSSR count). The van der Waals surface area contributed by atoms with E-state index >= 15 is 0 Å². The van der Waals surface area contributed by atoms with E-state index in [1.807, 2.05) is 0 Å². The lowest BCUT2D eigenvalue weighted by Crippen LogP contribution is -2.45. The van der Waals surface area contributed by atoms with Gasteiger partial charge >= 0.3 is 6.03 Å². The van der Waals surface area contributed by atoms with Crippen molar-refractivity contribution in [2.45, 2.75) is 40.0 Å². The highest BCUT2D eigenvalue weighted by atomic mass is 16.2. The molecule has 98 valence electrons. The summed E-state index contributed by atoms with van der Waals surface area (Å²) in [7, 11) is 0. The molecule has 0 N–H and O–H groups in total. The fourth-order valence-electron chi connectivity index (χ4n) is 2.91. The minimum Gasteiger partial charge on any atom is -0.325 e. The average molecular weight is 238 g/mol. The number of urea groups is 1. The molecule has 3 nitrogen and oxygen atoms in total. The standard InChI is InChI=1S/C14H26N2O/c1-11(2)13-6-9-16(10-13)14(17)15-7-4-12(3)5-8-15/h11-13H,4-10H2,1-3H3. The van der Waals surface area contributed by atoms with E-state index in [0.29, 0.717) is 17.9 Å². The van der Waals surface area contributed by atoms with Gasteiger partial charge in [0, 0.05) is 26.2 Å². The molecule has 17 heavy (non-hydrogen) atoms. The predicted molar refractivity (Wildman–Crippen MR) is 69.9 cm³/mol. The Hall–Kier alpha value is -0.730. The van der Waals surface area contributed by atoms with Crippen LogP contribution >= 0.6 is 0 Å². The minimum atomic E-state index is 0.292. The average Bonchev–Trinajstić information content (AvgIpc) is 2.78. The molecule has 0 aliphatic carbocycles. The van der Waals surface area contributed by atoms with Crippen LogP contribution < -0.4 is 0 Å². The summed E-state index contributed by atoms with van der Waals surface area (Å²) in [6.45, 7) is 10.7. The monoisotopic (exact) mass is 238 g/mol. The number of piperidine rings is 1. The number of hydrogen-bond acceptors (Lipinski definition) is 1.